The van der Waals surface area contributed by atoms with Gasteiger partial charge in [0.25, 0.3) is 0 Å². The Morgan fingerprint density at radius 2 is 1.83 bits per heavy atom. The molecular weight excluding hydrogens is 296 g/mol. The summed E-state index contributed by atoms with van der Waals surface area (Å²) in [5.41, 5.74) is 0. The summed E-state index contributed by atoms with van der Waals surface area (Å²) in [5.74, 6) is 0.176. The maximum Gasteiger partial charge on any atom is 0.239 e. The molecule has 2 aliphatic heterocycles. The normalized spacial score (nSPS) is 28.6. The van der Waals surface area contributed by atoms with Crippen LogP contribution >= 0.6 is 0 Å². The molecule has 2 rings (SSSR count). The van der Waals surface area contributed by atoms with Gasteiger partial charge in [0.15, 0.2) is 0 Å². The summed E-state index contributed by atoms with van der Waals surface area (Å²) < 4.78 is 5.86. The van der Waals surface area contributed by atoms with Crippen LogP contribution in [0.25, 0.3) is 0 Å². The maximum absolute atomic E-state index is 11.9. The standard InChI is InChI=1S/C17H28N2O4/c1-2-3-4-5-16(21)19-11-17(22)18-10-13-12(8-9-20)14-6-7-15(13)23-14/h9,12-15H,2-8,10-11H2,1H3,(H,18,22)(H,19,21)/t12-,13+,14-,15+/m0/s1. The van der Waals surface area contributed by atoms with Crippen LogP contribution in [-0.2, 0) is 19.1 Å². The molecule has 2 aliphatic rings. The van der Waals surface area contributed by atoms with E-state index in [9.17, 15) is 14.4 Å². The van der Waals surface area contributed by atoms with E-state index in [-0.39, 0.29) is 42.4 Å². The Balaban J connectivity index is 1.66. The number of nitrogens with one attached hydrogen (secondary N) is 2. The van der Waals surface area contributed by atoms with Gasteiger partial charge in [0.2, 0.25) is 11.8 Å². The molecule has 0 radical (unpaired) electrons. The highest BCUT2D eigenvalue weighted by molar-refractivity contribution is 5.84. The topological polar surface area (TPSA) is 84.5 Å². The van der Waals surface area contributed by atoms with Crippen LogP contribution in [0.2, 0.25) is 0 Å². The molecular formula is C17H28N2O4. The van der Waals surface area contributed by atoms with E-state index in [1.54, 1.807) is 0 Å². The molecule has 23 heavy (non-hydrogen) atoms. The van der Waals surface area contributed by atoms with Crippen LogP contribution in [0.4, 0.5) is 0 Å². The van der Waals surface area contributed by atoms with Gasteiger partial charge in [-0.05, 0) is 25.2 Å². The highest BCUT2D eigenvalue weighted by Gasteiger charge is 2.48. The smallest absolute Gasteiger partial charge is 0.239 e. The SMILES string of the molecule is CCCCCC(=O)NCC(=O)NC[C@@H]1[C@H](CC=O)[C@@H]2CC[C@H]1O2. The predicted octanol–water partition coefficient (Wildman–Crippen LogP) is 1.18. The van der Waals surface area contributed by atoms with E-state index in [0.717, 1.165) is 38.4 Å². The monoisotopic (exact) mass is 324 g/mol. The lowest BCUT2D eigenvalue weighted by Gasteiger charge is -2.26. The zero-order valence-electron chi connectivity index (χ0n) is 13.9. The number of aldehydes is 1. The van der Waals surface area contributed by atoms with Gasteiger partial charge in [-0.3, -0.25) is 9.59 Å². The highest BCUT2D eigenvalue weighted by Crippen LogP contribution is 2.44. The van der Waals surface area contributed by atoms with Crippen molar-refractivity contribution in [3.63, 3.8) is 0 Å². The number of amides is 2. The summed E-state index contributed by atoms with van der Waals surface area (Å²) in [6.07, 6.45) is 7.23. The van der Waals surface area contributed by atoms with E-state index in [2.05, 4.69) is 17.6 Å². The average Bonchev–Trinajstić information content (AvgIpc) is 3.13. The third-order valence-corrected chi connectivity index (χ3v) is 4.95. The van der Waals surface area contributed by atoms with Gasteiger partial charge >= 0.3 is 0 Å². The Labute approximate surface area is 137 Å². The number of unbranched alkanes of at least 4 members (excludes halogenated alkanes) is 2. The lowest BCUT2D eigenvalue weighted by Crippen LogP contribution is -2.42. The minimum atomic E-state index is -0.179. The van der Waals surface area contributed by atoms with E-state index in [4.69, 9.17) is 4.74 Å². The number of ether oxygens (including phenoxy) is 1. The average molecular weight is 324 g/mol. The summed E-state index contributed by atoms with van der Waals surface area (Å²) in [4.78, 5) is 34.3. The largest absolute Gasteiger partial charge is 0.374 e. The lowest BCUT2D eigenvalue weighted by molar-refractivity contribution is -0.126. The van der Waals surface area contributed by atoms with Crippen molar-refractivity contribution in [3.8, 4) is 0 Å². The van der Waals surface area contributed by atoms with E-state index in [0.29, 0.717) is 19.4 Å². The van der Waals surface area contributed by atoms with Crippen molar-refractivity contribution >= 4 is 18.1 Å². The van der Waals surface area contributed by atoms with Gasteiger partial charge < -0.3 is 20.2 Å². The first-order chi connectivity index (χ1) is 11.2. The van der Waals surface area contributed by atoms with Crippen LogP contribution in [-0.4, -0.2) is 43.4 Å². The van der Waals surface area contributed by atoms with Crippen molar-refractivity contribution < 1.29 is 19.1 Å². The van der Waals surface area contributed by atoms with Gasteiger partial charge in [0.05, 0.1) is 18.8 Å². The number of hydrogen-bond acceptors (Lipinski definition) is 4. The Kier molecular flexibility index (Phi) is 7.02. The number of rotatable bonds is 10. The van der Waals surface area contributed by atoms with Gasteiger partial charge in [-0.25, -0.2) is 0 Å². The molecule has 0 aromatic heterocycles. The van der Waals surface area contributed by atoms with Gasteiger partial charge in [-0.15, -0.1) is 0 Å². The molecule has 6 heteroatoms. The molecule has 2 heterocycles. The first kappa shape index (κ1) is 17.9. The molecule has 6 nitrogen and oxygen atoms in total. The Bertz CT molecular complexity index is 427. The molecule has 2 bridgehead atoms. The molecule has 2 amide bonds. The minimum Gasteiger partial charge on any atom is -0.374 e. The second-order valence-corrected chi connectivity index (χ2v) is 6.56. The number of hydrogen-bond donors (Lipinski definition) is 2. The zero-order chi connectivity index (χ0) is 16.7. The zero-order valence-corrected chi connectivity index (χ0v) is 13.9. The van der Waals surface area contributed by atoms with Gasteiger partial charge in [0, 0.05) is 25.3 Å². The molecule has 2 saturated heterocycles. The molecule has 0 aromatic rings. The van der Waals surface area contributed by atoms with E-state index >= 15 is 0 Å². The fourth-order valence-electron chi connectivity index (χ4n) is 3.69. The van der Waals surface area contributed by atoms with Crippen molar-refractivity contribution in [1.82, 2.24) is 10.6 Å². The number of carbonyl (C=O) groups excluding carboxylic acids is 3. The molecule has 0 aliphatic carbocycles. The molecule has 4 atom stereocenters. The maximum atomic E-state index is 11.9. The van der Waals surface area contributed by atoms with Crippen LogP contribution in [0, 0.1) is 11.8 Å². The van der Waals surface area contributed by atoms with Gasteiger partial charge in [-0.1, -0.05) is 19.8 Å². The van der Waals surface area contributed by atoms with Crippen LogP contribution in [0.5, 0.6) is 0 Å². The summed E-state index contributed by atoms with van der Waals surface area (Å²) in [6, 6.07) is 0. The highest BCUT2D eigenvalue weighted by atomic mass is 16.5. The summed E-state index contributed by atoms with van der Waals surface area (Å²) >= 11 is 0. The third-order valence-electron chi connectivity index (χ3n) is 4.95. The van der Waals surface area contributed by atoms with Crippen LogP contribution in [0.3, 0.4) is 0 Å². The van der Waals surface area contributed by atoms with Crippen molar-refractivity contribution in [1.29, 1.82) is 0 Å². The van der Waals surface area contributed by atoms with E-state index in [1.807, 2.05) is 0 Å². The molecule has 2 fully saturated rings. The molecule has 0 unspecified atom stereocenters. The quantitative estimate of drug-likeness (QED) is 0.467. The van der Waals surface area contributed by atoms with Crippen molar-refractivity contribution in [2.24, 2.45) is 11.8 Å². The van der Waals surface area contributed by atoms with Crippen LogP contribution in [0.15, 0.2) is 0 Å². The number of fused-ring (bicyclic) bond motifs is 2. The molecule has 2 N–H and O–H groups in total. The predicted molar refractivity (Wildman–Crippen MR) is 85.7 cm³/mol. The van der Waals surface area contributed by atoms with Crippen molar-refractivity contribution in [2.75, 3.05) is 13.1 Å². The molecule has 0 aromatic carbocycles. The minimum absolute atomic E-state index is 0.0188. The fraction of sp³-hybridized carbons (Fsp3) is 0.824. The third kappa shape index (κ3) is 5.03. The van der Waals surface area contributed by atoms with E-state index < -0.39 is 0 Å². The van der Waals surface area contributed by atoms with Crippen molar-refractivity contribution in [2.45, 2.75) is 64.1 Å². The van der Waals surface area contributed by atoms with E-state index in [1.165, 1.54) is 0 Å². The van der Waals surface area contributed by atoms with Crippen molar-refractivity contribution in [3.05, 3.63) is 0 Å². The first-order valence-corrected chi connectivity index (χ1v) is 8.78. The van der Waals surface area contributed by atoms with Crippen LogP contribution < -0.4 is 10.6 Å². The first-order valence-electron chi connectivity index (χ1n) is 8.78. The molecule has 0 spiro atoms. The lowest BCUT2D eigenvalue weighted by atomic mass is 9.78. The summed E-state index contributed by atoms with van der Waals surface area (Å²) in [6.45, 7) is 2.62. The van der Waals surface area contributed by atoms with Gasteiger partial charge in [-0.2, -0.15) is 0 Å². The Morgan fingerprint density at radius 1 is 1.09 bits per heavy atom. The van der Waals surface area contributed by atoms with Gasteiger partial charge in [0.1, 0.15) is 6.29 Å². The van der Waals surface area contributed by atoms with Crippen LogP contribution in [0.1, 0.15) is 51.9 Å². The molecule has 0 saturated carbocycles. The summed E-state index contributed by atoms with van der Waals surface area (Å²) in [7, 11) is 0. The number of carbonyl (C=O) groups is 3. The second-order valence-electron chi connectivity index (χ2n) is 6.56. The Morgan fingerprint density at radius 3 is 2.52 bits per heavy atom. The fourth-order valence-corrected chi connectivity index (χ4v) is 3.69. The Hall–Kier alpha value is -1.43. The summed E-state index contributed by atoms with van der Waals surface area (Å²) in [5, 5.41) is 5.52. The molecule has 130 valence electrons. The second kappa shape index (κ2) is 9.01.